The number of amides is 6. The molecule has 1 heterocycles. The number of esters is 4. The predicted octanol–water partition coefficient (Wildman–Crippen LogP) is -0.0656. The van der Waals surface area contributed by atoms with Crippen LogP contribution in [-0.4, -0.2) is 117 Å². The van der Waals surface area contributed by atoms with Crippen molar-refractivity contribution in [2.24, 2.45) is 5.73 Å². The van der Waals surface area contributed by atoms with Gasteiger partial charge in [-0.1, -0.05) is 54.6 Å². The lowest BCUT2D eigenvalue weighted by Crippen LogP contribution is -2.27. The van der Waals surface area contributed by atoms with Crippen LogP contribution >= 0.6 is 0 Å². The van der Waals surface area contributed by atoms with Gasteiger partial charge in [0, 0.05) is 45.2 Å². The zero-order valence-corrected chi connectivity index (χ0v) is 36.2. The van der Waals surface area contributed by atoms with Gasteiger partial charge in [-0.25, -0.2) is 11.0 Å². The molecule has 64 heavy (non-hydrogen) atoms. The molecule has 24 heteroatoms. The Hall–Kier alpha value is -7.80. The zero-order chi connectivity index (χ0) is 49.7. The third-order valence-electron chi connectivity index (χ3n) is 6.06. The molecule has 354 valence electrons. The van der Waals surface area contributed by atoms with Crippen LogP contribution in [0.2, 0.25) is 0 Å². The molecular formula is C40H58N8O16. The average Bonchev–Trinajstić information content (AvgIpc) is 3.70. The van der Waals surface area contributed by atoms with Crippen LogP contribution in [-0.2, 0) is 62.2 Å². The van der Waals surface area contributed by atoms with Gasteiger partial charge in [0.1, 0.15) is 19.3 Å². The number of hydrogen-bond donors (Lipinski definition) is 11. The molecule has 24 nitrogen and oxygen atoms in total. The predicted molar refractivity (Wildman–Crippen MR) is 230 cm³/mol. The molecule has 0 unspecified atom stereocenters. The SMILES string of the molecule is CC(=O)OCC(=O)Nc1ccccc1.CN.CNC(=O)CC(=O)NO.CNC(=O)CC(=O)OC.CO.Nc1ccccc1.O=C(CC(=O)Nc1ccccc1)NO.O=C1CCC(=O)O1. The first-order valence-electron chi connectivity index (χ1n) is 18.2. The Morgan fingerprint density at radius 1 is 0.594 bits per heavy atom. The molecule has 13 N–H and O–H groups in total. The largest absolute Gasteiger partial charge is 0.469 e. The molecular weight excluding hydrogens is 848 g/mol. The van der Waals surface area contributed by atoms with E-state index in [0.717, 1.165) is 12.8 Å². The van der Waals surface area contributed by atoms with Crippen molar-refractivity contribution in [3.63, 3.8) is 0 Å². The number of benzene rings is 3. The van der Waals surface area contributed by atoms with Gasteiger partial charge < -0.3 is 52.1 Å². The van der Waals surface area contributed by atoms with Crippen LogP contribution in [0.5, 0.6) is 0 Å². The average molecular weight is 907 g/mol. The first-order chi connectivity index (χ1) is 30.5. The van der Waals surface area contributed by atoms with Crippen molar-refractivity contribution in [3.8, 4) is 0 Å². The summed E-state index contributed by atoms with van der Waals surface area (Å²) >= 11 is 0. The first kappa shape index (κ1) is 62.8. The van der Waals surface area contributed by atoms with Gasteiger partial charge in [0.15, 0.2) is 6.61 Å². The molecule has 1 fully saturated rings. The lowest BCUT2D eigenvalue weighted by atomic mass is 10.3. The summed E-state index contributed by atoms with van der Waals surface area (Å²) in [6.45, 7) is 1.01. The lowest BCUT2D eigenvalue weighted by molar-refractivity contribution is -0.152. The number of methoxy groups -OCH3 is 1. The summed E-state index contributed by atoms with van der Waals surface area (Å²) in [5.41, 5.74) is 14.7. The number of aliphatic hydroxyl groups excluding tert-OH is 1. The number of ether oxygens (including phenoxy) is 3. The number of carbonyl (C=O) groups excluding carboxylic acids is 10. The van der Waals surface area contributed by atoms with E-state index in [4.69, 9.17) is 21.3 Å². The number of nitrogen functional groups attached to an aromatic ring is 1. The standard InChI is InChI=1S/C10H11NO3.C9H10N2O3.C6H7N.C5H9NO3.C4H8N2O3.C4H4O3.CH5N.CH4O/c1-8(12)14-7-10(13)11-9-5-3-2-4-6-9;12-8(6-9(13)11-14)10-7-4-2-1-3-5-7;7-6-4-2-1-3-5-6;1-6-4(7)3-5(8)9-2;1-5-3(7)2-4(8)6-9;5-3-1-2-4(6)7-3;2*1-2/h2-6H,7H2,1H3,(H,11,13);1-5,14H,6H2,(H,10,12)(H,11,13);1-5H,7H2;3H2,1-2H3,(H,6,7);9H,2H2,1H3,(H,5,7)(H,6,8);1-2H2;2H2,1H3;2H,1H3. The number of para-hydroxylation sites is 3. The van der Waals surface area contributed by atoms with E-state index < -0.39 is 53.9 Å². The van der Waals surface area contributed by atoms with Crippen LogP contribution in [0.25, 0.3) is 0 Å². The topological polar surface area (TPSA) is 383 Å². The van der Waals surface area contributed by atoms with Crippen LogP contribution in [0.3, 0.4) is 0 Å². The van der Waals surface area contributed by atoms with Crippen molar-refractivity contribution < 1.29 is 77.7 Å². The molecule has 0 aromatic heterocycles. The number of cyclic esters (lactones) is 2. The molecule has 1 saturated heterocycles. The Morgan fingerprint density at radius 3 is 1.25 bits per heavy atom. The maximum Gasteiger partial charge on any atom is 0.315 e. The molecule has 6 amide bonds. The molecule has 1 aliphatic rings. The molecule has 3 aromatic rings. The minimum Gasteiger partial charge on any atom is -0.469 e. The third-order valence-corrected chi connectivity index (χ3v) is 6.06. The van der Waals surface area contributed by atoms with Gasteiger partial charge in [-0.3, -0.25) is 58.4 Å². The van der Waals surface area contributed by atoms with Gasteiger partial charge in [0.2, 0.25) is 17.7 Å². The van der Waals surface area contributed by atoms with E-state index in [0.29, 0.717) is 11.4 Å². The van der Waals surface area contributed by atoms with E-state index in [1.54, 1.807) is 48.5 Å². The van der Waals surface area contributed by atoms with Gasteiger partial charge in [0.25, 0.3) is 17.7 Å². The molecule has 0 bridgehead atoms. The number of hydroxylamine groups is 2. The third kappa shape index (κ3) is 42.3. The molecule has 4 rings (SSSR count). The Balaban J connectivity index is -0.000000339. The summed E-state index contributed by atoms with van der Waals surface area (Å²) in [5.74, 6) is -4.80. The summed E-state index contributed by atoms with van der Waals surface area (Å²) in [4.78, 5) is 104. The highest BCUT2D eigenvalue weighted by Crippen LogP contribution is 2.06. The second-order valence-electron chi connectivity index (χ2n) is 10.9. The monoisotopic (exact) mass is 906 g/mol. The Labute approximate surface area is 369 Å². The van der Waals surface area contributed by atoms with Crippen LogP contribution < -0.4 is 43.7 Å². The van der Waals surface area contributed by atoms with Gasteiger partial charge >= 0.3 is 23.9 Å². The smallest absolute Gasteiger partial charge is 0.315 e. The number of nitrogens with two attached hydrogens (primary N) is 2. The van der Waals surface area contributed by atoms with E-state index in [2.05, 4.69) is 41.2 Å². The molecule has 0 saturated carbocycles. The quantitative estimate of drug-likeness (QED) is 0.0317. The van der Waals surface area contributed by atoms with E-state index in [1.165, 1.54) is 46.1 Å². The minimum absolute atomic E-state index is 0.201. The van der Waals surface area contributed by atoms with Gasteiger partial charge in [0.05, 0.1) is 20.0 Å². The molecule has 3 aromatic carbocycles. The Morgan fingerprint density at radius 2 is 0.953 bits per heavy atom. The highest BCUT2D eigenvalue weighted by atomic mass is 16.6. The van der Waals surface area contributed by atoms with E-state index >= 15 is 0 Å². The molecule has 0 spiro atoms. The van der Waals surface area contributed by atoms with Gasteiger partial charge in [-0.15, -0.1) is 0 Å². The zero-order valence-electron chi connectivity index (χ0n) is 36.2. The van der Waals surface area contributed by atoms with Crippen molar-refractivity contribution in [2.45, 2.75) is 39.0 Å². The number of aliphatic hydroxyl groups is 1. The van der Waals surface area contributed by atoms with Crippen LogP contribution in [0.15, 0.2) is 91.0 Å². The second kappa shape index (κ2) is 43.3. The summed E-state index contributed by atoms with van der Waals surface area (Å²) in [6.07, 6.45) is -0.414. The number of rotatable bonds is 10. The minimum atomic E-state index is -0.738. The maximum absolute atomic E-state index is 11.1. The fraction of sp³-hybridized carbons (Fsp3) is 0.300. The fourth-order valence-corrected chi connectivity index (χ4v) is 3.25. The van der Waals surface area contributed by atoms with Gasteiger partial charge in [-0.2, -0.15) is 0 Å². The lowest BCUT2D eigenvalue weighted by Gasteiger charge is -2.04. The molecule has 0 aliphatic carbocycles. The second-order valence-corrected chi connectivity index (χ2v) is 10.9. The van der Waals surface area contributed by atoms with Crippen molar-refractivity contribution in [1.29, 1.82) is 0 Å². The fourth-order valence-electron chi connectivity index (χ4n) is 3.25. The van der Waals surface area contributed by atoms with Crippen LogP contribution in [0.1, 0.15) is 39.0 Å². The number of carbonyl (C=O) groups is 10. The van der Waals surface area contributed by atoms with Crippen LogP contribution in [0.4, 0.5) is 17.1 Å². The van der Waals surface area contributed by atoms with Crippen molar-refractivity contribution in [2.75, 3.05) is 58.3 Å². The highest BCUT2D eigenvalue weighted by Gasteiger charge is 2.19. The molecule has 1 aliphatic heterocycles. The van der Waals surface area contributed by atoms with Crippen molar-refractivity contribution >= 4 is 76.4 Å². The van der Waals surface area contributed by atoms with E-state index in [9.17, 15) is 47.9 Å². The molecule has 0 radical (unpaired) electrons. The van der Waals surface area contributed by atoms with E-state index in [1.807, 2.05) is 42.5 Å². The number of nitrogens with one attached hydrogen (secondary N) is 6. The highest BCUT2D eigenvalue weighted by molar-refractivity contribution is 6.03. The molecule has 0 atom stereocenters. The summed E-state index contributed by atoms with van der Waals surface area (Å²) in [5, 5.41) is 32.7. The summed E-state index contributed by atoms with van der Waals surface area (Å²) in [7, 11) is 6.61. The van der Waals surface area contributed by atoms with Crippen molar-refractivity contribution in [1.82, 2.24) is 21.6 Å². The summed E-state index contributed by atoms with van der Waals surface area (Å²) in [6, 6.07) is 27.2. The Bertz CT molecular complexity index is 1730. The normalized spacial score (nSPS) is 9.66. The summed E-state index contributed by atoms with van der Waals surface area (Å²) < 4.78 is 12.8. The number of anilines is 3. The Kier molecular flexibility index (Phi) is 42.5. The van der Waals surface area contributed by atoms with E-state index in [-0.39, 0.29) is 44.1 Å². The van der Waals surface area contributed by atoms with Crippen molar-refractivity contribution in [3.05, 3.63) is 91.0 Å². The van der Waals surface area contributed by atoms with Gasteiger partial charge in [-0.05, 0) is 43.4 Å². The van der Waals surface area contributed by atoms with Crippen LogP contribution in [0, 0.1) is 0 Å². The maximum atomic E-state index is 11.1. The first-order valence-corrected chi connectivity index (χ1v) is 18.2. The number of hydrogen-bond acceptors (Lipinski definition) is 18.